The Morgan fingerprint density at radius 3 is 3.10 bits per heavy atom. The summed E-state index contributed by atoms with van der Waals surface area (Å²) in [7, 11) is 0. The lowest BCUT2D eigenvalue weighted by atomic mass is 10.2. The third-order valence-electron chi connectivity index (χ3n) is 0.892. The number of Topliss-reactive ketones (excluding diaryl/α,β-unsaturated/α-hetero) is 1. The number of hydrogen-bond donors (Lipinski definition) is 0. The van der Waals surface area contributed by atoms with E-state index in [4.69, 9.17) is 0 Å². The molecule has 0 unspecified atom stereocenters. The number of aromatic nitrogens is 2. The normalized spacial score (nSPS) is 9.20. The van der Waals surface area contributed by atoms with Crippen molar-refractivity contribution in [1.29, 1.82) is 0 Å². The molecule has 0 radical (unpaired) electrons. The molecule has 0 spiro atoms. The molecule has 1 heterocycles. The van der Waals surface area contributed by atoms with E-state index in [1.165, 1.54) is 0 Å². The maximum absolute atomic E-state index is 10.4. The average Bonchev–Trinajstić information content (AvgIpc) is 2.40. The monoisotopic (exact) mass is 156 g/mol. The molecule has 0 aliphatic carbocycles. The molecule has 0 saturated carbocycles. The SMILES string of the molecule is O=CC(=O)Cc1csnn1. The Balaban J connectivity index is 2.56. The standard InChI is InChI=1S/C5H4N2O2S/c8-2-5(9)1-4-3-10-7-6-4/h2-3H,1H2. The Morgan fingerprint density at radius 2 is 2.60 bits per heavy atom. The molecule has 0 N–H and O–H groups in total. The van der Waals surface area contributed by atoms with E-state index in [1.807, 2.05) is 0 Å². The van der Waals surface area contributed by atoms with Gasteiger partial charge in [-0.3, -0.25) is 9.59 Å². The van der Waals surface area contributed by atoms with Gasteiger partial charge in [0.15, 0.2) is 6.29 Å². The van der Waals surface area contributed by atoms with Gasteiger partial charge in [0, 0.05) is 5.38 Å². The first-order valence-electron chi connectivity index (χ1n) is 2.57. The number of hydrogen-bond acceptors (Lipinski definition) is 5. The third-order valence-corrected chi connectivity index (χ3v) is 1.45. The summed E-state index contributed by atoms with van der Waals surface area (Å²) in [5, 5.41) is 5.23. The predicted molar refractivity (Wildman–Crippen MR) is 34.7 cm³/mol. The van der Waals surface area contributed by atoms with Crippen molar-refractivity contribution in [3.05, 3.63) is 11.1 Å². The molecule has 0 bridgehead atoms. The molecule has 10 heavy (non-hydrogen) atoms. The van der Waals surface area contributed by atoms with Gasteiger partial charge < -0.3 is 0 Å². The van der Waals surface area contributed by atoms with Crippen LogP contribution in [0.4, 0.5) is 0 Å². The van der Waals surface area contributed by atoms with E-state index >= 15 is 0 Å². The topological polar surface area (TPSA) is 59.9 Å². The van der Waals surface area contributed by atoms with E-state index in [9.17, 15) is 9.59 Å². The highest BCUT2D eigenvalue weighted by Crippen LogP contribution is 1.97. The minimum Gasteiger partial charge on any atom is -0.295 e. The van der Waals surface area contributed by atoms with E-state index in [1.54, 1.807) is 5.38 Å². The number of carbonyl (C=O) groups is 2. The summed E-state index contributed by atoms with van der Waals surface area (Å²) in [5.74, 6) is -0.465. The number of rotatable bonds is 3. The van der Waals surface area contributed by atoms with Crippen LogP contribution >= 0.6 is 11.5 Å². The largest absolute Gasteiger partial charge is 0.295 e. The first-order valence-corrected chi connectivity index (χ1v) is 3.40. The summed E-state index contributed by atoms with van der Waals surface area (Å²) in [4.78, 5) is 20.3. The van der Waals surface area contributed by atoms with Crippen molar-refractivity contribution in [1.82, 2.24) is 9.59 Å². The van der Waals surface area contributed by atoms with E-state index in [2.05, 4.69) is 9.59 Å². The molecular formula is C5H4N2O2S. The molecule has 0 fully saturated rings. The van der Waals surface area contributed by atoms with Crippen molar-refractivity contribution < 1.29 is 9.59 Å². The van der Waals surface area contributed by atoms with Gasteiger partial charge in [-0.25, -0.2) is 0 Å². The molecule has 0 amide bonds. The van der Waals surface area contributed by atoms with Crippen LogP contribution in [0.1, 0.15) is 5.69 Å². The van der Waals surface area contributed by atoms with Crippen LogP contribution in [0, 0.1) is 0 Å². The second-order valence-electron chi connectivity index (χ2n) is 1.66. The fraction of sp³-hybridized carbons (Fsp3) is 0.200. The molecule has 4 nitrogen and oxygen atoms in total. The second kappa shape index (κ2) is 3.17. The second-order valence-corrected chi connectivity index (χ2v) is 2.27. The van der Waals surface area contributed by atoms with Gasteiger partial charge >= 0.3 is 0 Å². The Morgan fingerprint density at radius 1 is 1.80 bits per heavy atom. The molecule has 0 aliphatic rings. The average molecular weight is 156 g/mol. The summed E-state index contributed by atoms with van der Waals surface area (Å²) >= 11 is 1.16. The fourth-order valence-corrected chi connectivity index (χ4v) is 0.932. The number of carbonyl (C=O) groups excluding carboxylic acids is 2. The molecule has 0 aromatic carbocycles. The molecule has 0 aliphatic heterocycles. The van der Waals surface area contributed by atoms with Crippen LogP contribution in [0.15, 0.2) is 5.38 Å². The van der Waals surface area contributed by atoms with Crippen molar-refractivity contribution in [2.45, 2.75) is 6.42 Å². The summed E-state index contributed by atoms with van der Waals surface area (Å²) in [5.41, 5.74) is 0.558. The van der Waals surface area contributed by atoms with Crippen LogP contribution in [-0.2, 0) is 16.0 Å². The molecule has 1 aromatic heterocycles. The Kier molecular flexibility index (Phi) is 2.22. The van der Waals surface area contributed by atoms with Crippen LogP contribution in [0.5, 0.6) is 0 Å². The smallest absolute Gasteiger partial charge is 0.201 e. The van der Waals surface area contributed by atoms with Crippen molar-refractivity contribution >= 4 is 23.6 Å². The zero-order valence-corrected chi connectivity index (χ0v) is 5.80. The van der Waals surface area contributed by atoms with E-state index < -0.39 is 5.78 Å². The molecule has 52 valence electrons. The van der Waals surface area contributed by atoms with Gasteiger partial charge in [-0.2, -0.15) is 0 Å². The van der Waals surface area contributed by atoms with E-state index in [0.29, 0.717) is 12.0 Å². The molecule has 1 rings (SSSR count). The van der Waals surface area contributed by atoms with Gasteiger partial charge in [0.25, 0.3) is 0 Å². The third kappa shape index (κ3) is 1.70. The first kappa shape index (κ1) is 7.01. The summed E-state index contributed by atoms with van der Waals surface area (Å²) in [6.45, 7) is 0. The van der Waals surface area contributed by atoms with Crippen molar-refractivity contribution in [3.8, 4) is 0 Å². The lowest BCUT2D eigenvalue weighted by Crippen LogP contribution is -2.03. The van der Waals surface area contributed by atoms with E-state index in [-0.39, 0.29) is 6.42 Å². The molecule has 0 atom stereocenters. The van der Waals surface area contributed by atoms with Gasteiger partial charge in [-0.05, 0) is 11.5 Å². The predicted octanol–water partition coefficient (Wildman–Crippen LogP) is -0.151. The minimum absolute atomic E-state index is 0.0694. The van der Waals surface area contributed by atoms with Gasteiger partial charge in [-0.1, -0.05) is 4.49 Å². The van der Waals surface area contributed by atoms with Crippen LogP contribution in [0.2, 0.25) is 0 Å². The lowest BCUT2D eigenvalue weighted by molar-refractivity contribution is -0.129. The van der Waals surface area contributed by atoms with Gasteiger partial charge in [0.2, 0.25) is 5.78 Å². The molecule has 1 aromatic rings. The molecule has 5 heteroatoms. The Labute approximate surface area is 61.0 Å². The maximum Gasteiger partial charge on any atom is 0.201 e. The summed E-state index contributed by atoms with van der Waals surface area (Å²) in [6, 6.07) is 0. The van der Waals surface area contributed by atoms with Crippen LogP contribution in [0.3, 0.4) is 0 Å². The van der Waals surface area contributed by atoms with Gasteiger partial charge in [0.05, 0.1) is 12.1 Å². The van der Waals surface area contributed by atoms with Crippen molar-refractivity contribution in [2.75, 3.05) is 0 Å². The fourth-order valence-electron chi connectivity index (χ4n) is 0.481. The zero-order chi connectivity index (χ0) is 7.40. The van der Waals surface area contributed by atoms with Crippen LogP contribution in [-0.4, -0.2) is 21.7 Å². The van der Waals surface area contributed by atoms with Crippen LogP contribution < -0.4 is 0 Å². The highest BCUT2D eigenvalue weighted by Gasteiger charge is 2.02. The first-order chi connectivity index (χ1) is 4.83. The number of aldehydes is 1. The lowest BCUT2D eigenvalue weighted by Gasteiger charge is -1.82. The number of nitrogens with zero attached hydrogens (tertiary/aromatic N) is 2. The quantitative estimate of drug-likeness (QED) is 0.451. The van der Waals surface area contributed by atoms with Gasteiger partial charge in [-0.15, -0.1) is 5.10 Å². The summed E-state index contributed by atoms with van der Waals surface area (Å²) < 4.78 is 3.53. The number of ketones is 1. The molecule has 0 saturated heterocycles. The Hall–Kier alpha value is -1.10. The minimum atomic E-state index is -0.465. The van der Waals surface area contributed by atoms with Crippen molar-refractivity contribution in [3.63, 3.8) is 0 Å². The zero-order valence-electron chi connectivity index (χ0n) is 4.98. The maximum atomic E-state index is 10.4. The Bertz CT molecular complexity index is 232. The van der Waals surface area contributed by atoms with Crippen LogP contribution in [0.25, 0.3) is 0 Å². The highest BCUT2D eigenvalue weighted by atomic mass is 32.1. The summed E-state index contributed by atoms with van der Waals surface area (Å²) in [6.07, 6.45) is 0.360. The molecular weight excluding hydrogens is 152 g/mol. The van der Waals surface area contributed by atoms with Crippen molar-refractivity contribution in [2.24, 2.45) is 0 Å². The van der Waals surface area contributed by atoms with Gasteiger partial charge in [0.1, 0.15) is 0 Å². The highest BCUT2D eigenvalue weighted by molar-refractivity contribution is 7.03. The van der Waals surface area contributed by atoms with E-state index in [0.717, 1.165) is 11.5 Å².